The van der Waals surface area contributed by atoms with Gasteiger partial charge in [-0.1, -0.05) is 31.2 Å². The fraction of sp³-hybridized carbons (Fsp3) is 0.349. The zero-order valence-electron chi connectivity index (χ0n) is 33.4. The summed E-state index contributed by atoms with van der Waals surface area (Å²) in [5.41, 5.74) is 3.84. The lowest BCUT2D eigenvalue weighted by Crippen LogP contribution is -2.54. The van der Waals surface area contributed by atoms with Crippen LogP contribution in [-0.4, -0.2) is 117 Å². The molecule has 3 aliphatic heterocycles. The third kappa shape index (κ3) is 7.99. The van der Waals surface area contributed by atoms with Gasteiger partial charge in [0.15, 0.2) is 5.65 Å². The van der Waals surface area contributed by atoms with Gasteiger partial charge >= 0.3 is 0 Å². The van der Waals surface area contributed by atoms with Crippen molar-refractivity contribution in [1.82, 2.24) is 40.0 Å². The number of carbonyl (C=O) groups excluding carboxylic acids is 5. The van der Waals surface area contributed by atoms with Gasteiger partial charge in [-0.15, -0.1) is 5.10 Å². The highest BCUT2D eigenvalue weighted by Gasteiger charge is 2.45. The number of hydrogen-bond donors (Lipinski definition) is 3. The number of carbonyl (C=O) groups is 5. The number of aromatic nitrogens is 4. The summed E-state index contributed by atoms with van der Waals surface area (Å²) in [5.74, 6) is -1.10. The number of benzene rings is 2. The number of imidazole rings is 1. The zero-order valence-corrected chi connectivity index (χ0v) is 33.4. The van der Waals surface area contributed by atoms with E-state index in [9.17, 15) is 28.4 Å². The van der Waals surface area contributed by atoms with Crippen LogP contribution in [0.1, 0.15) is 65.4 Å². The van der Waals surface area contributed by atoms with Crippen molar-refractivity contribution in [1.29, 1.82) is 0 Å². The minimum atomic E-state index is -1.05. The molecule has 60 heavy (non-hydrogen) atoms. The van der Waals surface area contributed by atoms with Crippen LogP contribution in [0, 0.1) is 5.82 Å². The summed E-state index contributed by atoms with van der Waals surface area (Å²) < 4.78 is 16.0. The molecule has 1 unspecified atom stereocenters. The SMILES string of the molecule is CC[C@H](c1cccc(F)c1)N(CC)c1ccc2ncc(-c3cccc(N4CCN(CC(=O)NCCNc5cccc6c5C(=O)N(C5CCC(=O)NC5=O)C6=O)CC4)n3)n2n1. The lowest BCUT2D eigenvalue weighted by atomic mass is 10.0. The number of rotatable bonds is 14. The first-order valence-electron chi connectivity index (χ1n) is 20.3. The third-order valence-corrected chi connectivity index (χ3v) is 11.3. The van der Waals surface area contributed by atoms with Crippen LogP contribution in [0.15, 0.2) is 79.0 Å². The molecule has 3 aliphatic rings. The van der Waals surface area contributed by atoms with Gasteiger partial charge in [-0.05, 0) is 73.9 Å². The molecule has 16 nitrogen and oxygen atoms in total. The number of fused-ring (bicyclic) bond motifs is 2. The van der Waals surface area contributed by atoms with Crippen molar-refractivity contribution in [2.45, 2.75) is 45.2 Å². The number of halogens is 1. The number of imide groups is 2. The number of piperidine rings is 1. The molecule has 2 fully saturated rings. The van der Waals surface area contributed by atoms with E-state index in [4.69, 9.17) is 10.1 Å². The molecule has 2 saturated heterocycles. The Morgan fingerprint density at radius 1 is 0.950 bits per heavy atom. The molecule has 5 amide bonds. The highest BCUT2D eigenvalue weighted by Crippen LogP contribution is 2.33. The number of anilines is 3. The van der Waals surface area contributed by atoms with E-state index in [1.807, 2.05) is 36.4 Å². The second kappa shape index (κ2) is 17.2. The highest BCUT2D eigenvalue weighted by atomic mass is 19.1. The van der Waals surface area contributed by atoms with Crippen LogP contribution in [0.3, 0.4) is 0 Å². The largest absolute Gasteiger partial charge is 0.383 e. The Labute approximate surface area is 345 Å². The summed E-state index contributed by atoms with van der Waals surface area (Å²) >= 11 is 0. The van der Waals surface area contributed by atoms with Gasteiger partial charge in [-0.2, -0.15) is 0 Å². The quantitative estimate of drug-likeness (QED) is 0.110. The van der Waals surface area contributed by atoms with E-state index >= 15 is 0 Å². The number of piperazine rings is 1. The Morgan fingerprint density at radius 3 is 2.52 bits per heavy atom. The molecule has 0 radical (unpaired) electrons. The number of hydrogen-bond acceptors (Lipinski definition) is 12. The van der Waals surface area contributed by atoms with Gasteiger partial charge in [-0.25, -0.2) is 18.9 Å². The number of nitrogens with one attached hydrogen (secondary N) is 3. The van der Waals surface area contributed by atoms with Crippen LogP contribution < -0.4 is 25.8 Å². The fourth-order valence-corrected chi connectivity index (χ4v) is 8.28. The first-order chi connectivity index (χ1) is 29.1. The molecule has 6 heterocycles. The third-order valence-electron chi connectivity index (χ3n) is 11.3. The Morgan fingerprint density at radius 2 is 1.75 bits per heavy atom. The summed E-state index contributed by atoms with van der Waals surface area (Å²) in [6, 6.07) is 20.2. The Hall–Kier alpha value is -6.75. The van der Waals surface area contributed by atoms with Crippen LogP contribution in [0.4, 0.5) is 21.7 Å². The molecule has 5 aromatic rings. The Balaban J connectivity index is 0.841. The van der Waals surface area contributed by atoms with E-state index in [-0.39, 0.29) is 54.8 Å². The molecule has 310 valence electrons. The van der Waals surface area contributed by atoms with E-state index < -0.39 is 29.7 Å². The monoisotopic (exact) mass is 815 g/mol. The van der Waals surface area contributed by atoms with Gasteiger partial charge in [0.1, 0.15) is 29.2 Å². The first kappa shape index (κ1) is 40.0. The van der Waals surface area contributed by atoms with Crippen molar-refractivity contribution >= 4 is 52.5 Å². The molecule has 0 aliphatic carbocycles. The van der Waals surface area contributed by atoms with Crippen LogP contribution in [-0.2, 0) is 14.4 Å². The van der Waals surface area contributed by atoms with Crippen LogP contribution in [0.2, 0.25) is 0 Å². The van der Waals surface area contributed by atoms with Gasteiger partial charge in [0.2, 0.25) is 17.7 Å². The molecule has 0 bridgehead atoms. The summed E-state index contributed by atoms with van der Waals surface area (Å²) in [6.07, 6.45) is 2.67. The topological polar surface area (TPSA) is 177 Å². The molecule has 3 aromatic heterocycles. The predicted molar refractivity (Wildman–Crippen MR) is 222 cm³/mol. The molecule has 2 aromatic carbocycles. The summed E-state index contributed by atoms with van der Waals surface area (Å²) in [4.78, 5) is 80.5. The second-order valence-corrected chi connectivity index (χ2v) is 15.0. The van der Waals surface area contributed by atoms with E-state index in [1.54, 1.807) is 35.0 Å². The van der Waals surface area contributed by atoms with Crippen molar-refractivity contribution in [3.63, 3.8) is 0 Å². The van der Waals surface area contributed by atoms with E-state index in [2.05, 4.69) is 49.5 Å². The van der Waals surface area contributed by atoms with Crippen molar-refractivity contribution in [3.05, 3.63) is 102 Å². The summed E-state index contributed by atoms with van der Waals surface area (Å²) in [7, 11) is 0. The van der Waals surface area contributed by atoms with Crippen molar-refractivity contribution in [3.8, 4) is 11.4 Å². The van der Waals surface area contributed by atoms with E-state index in [0.717, 1.165) is 39.9 Å². The second-order valence-electron chi connectivity index (χ2n) is 15.0. The molecular weight excluding hydrogens is 770 g/mol. The average molecular weight is 816 g/mol. The fourth-order valence-electron chi connectivity index (χ4n) is 8.28. The molecule has 0 saturated carbocycles. The maximum Gasteiger partial charge on any atom is 0.264 e. The van der Waals surface area contributed by atoms with Crippen molar-refractivity contribution < 1.29 is 28.4 Å². The number of nitrogens with zero attached hydrogens (tertiary/aromatic N) is 8. The number of pyridine rings is 1. The van der Waals surface area contributed by atoms with E-state index in [1.165, 1.54) is 12.1 Å². The van der Waals surface area contributed by atoms with Crippen molar-refractivity contribution in [2.24, 2.45) is 0 Å². The lowest BCUT2D eigenvalue weighted by molar-refractivity contribution is -0.136. The van der Waals surface area contributed by atoms with Gasteiger partial charge in [0.05, 0.1) is 35.6 Å². The maximum atomic E-state index is 14.2. The Kier molecular flexibility index (Phi) is 11.5. The molecule has 17 heteroatoms. The molecule has 3 N–H and O–H groups in total. The standard InChI is InChI=1S/C43H46FN11O5/c1-3-32(27-8-5-9-28(44)24-27)53(4-2)37-16-15-35-47-25-34(55(35)50-37)30-11-7-13-36(48-30)52-22-20-51(21-23-52)26-39(57)46-19-18-45-31-12-6-10-29-40(31)43(60)54(42(29)59)33-14-17-38(56)49-41(33)58/h5-13,15-16,24-25,32-33,45H,3-4,14,17-23,26H2,1-2H3,(H,46,57)(H,49,56,58)/t32-,33?/m1/s1. The smallest absolute Gasteiger partial charge is 0.264 e. The minimum absolute atomic E-state index is 0.0425. The highest BCUT2D eigenvalue weighted by molar-refractivity contribution is 6.25. The van der Waals surface area contributed by atoms with Crippen LogP contribution >= 0.6 is 0 Å². The van der Waals surface area contributed by atoms with Crippen LogP contribution in [0.5, 0.6) is 0 Å². The van der Waals surface area contributed by atoms with Gasteiger partial charge in [0, 0.05) is 57.9 Å². The lowest BCUT2D eigenvalue weighted by Gasteiger charge is -2.35. The zero-order chi connectivity index (χ0) is 41.9. The maximum absolute atomic E-state index is 14.2. The van der Waals surface area contributed by atoms with Crippen molar-refractivity contribution in [2.75, 3.05) is 67.5 Å². The normalized spacial score (nSPS) is 17.5. The predicted octanol–water partition coefficient (Wildman–Crippen LogP) is 3.66. The first-order valence-corrected chi connectivity index (χ1v) is 20.3. The molecular formula is C43H46FN11O5. The summed E-state index contributed by atoms with van der Waals surface area (Å²) in [5, 5.41) is 13.3. The Bertz CT molecular complexity index is 2470. The van der Waals surface area contributed by atoms with E-state index in [0.29, 0.717) is 50.6 Å². The average Bonchev–Trinajstić information content (AvgIpc) is 3.79. The minimum Gasteiger partial charge on any atom is -0.383 e. The van der Waals surface area contributed by atoms with Gasteiger partial charge < -0.3 is 20.4 Å². The molecule has 2 atom stereocenters. The van der Waals surface area contributed by atoms with Gasteiger partial charge in [-0.3, -0.25) is 39.1 Å². The molecule has 8 rings (SSSR count). The van der Waals surface area contributed by atoms with Crippen LogP contribution in [0.25, 0.3) is 17.0 Å². The summed E-state index contributed by atoms with van der Waals surface area (Å²) in [6.45, 7) is 8.28. The molecule has 0 spiro atoms. The van der Waals surface area contributed by atoms with Gasteiger partial charge in [0.25, 0.3) is 11.8 Å². The number of amides is 5.